The van der Waals surface area contributed by atoms with Crippen LogP contribution in [0, 0.1) is 5.92 Å². The molecule has 2 aliphatic carbocycles. The van der Waals surface area contributed by atoms with E-state index in [2.05, 4.69) is 16.5 Å². The first-order valence-corrected chi connectivity index (χ1v) is 7.47. The van der Waals surface area contributed by atoms with Crippen molar-refractivity contribution < 1.29 is 14.1 Å². The van der Waals surface area contributed by atoms with Crippen molar-refractivity contribution in [1.82, 2.24) is 10.5 Å². The summed E-state index contributed by atoms with van der Waals surface area (Å²) in [6.07, 6.45) is 3.26. The van der Waals surface area contributed by atoms with Gasteiger partial charge in [-0.3, -0.25) is 14.9 Å². The Bertz CT molecular complexity index is 807. The molecule has 1 aliphatic heterocycles. The SMILES string of the molecule is O=C1CCC(c2noc3c4c(ccc23)CC2CC42)C(=O)N1. The summed E-state index contributed by atoms with van der Waals surface area (Å²) in [5, 5.41) is 7.51. The highest BCUT2D eigenvalue weighted by Crippen LogP contribution is 2.58. The third-order valence-corrected chi connectivity index (χ3v) is 5.14. The highest BCUT2D eigenvalue weighted by molar-refractivity contribution is 6.02. The molecular formula is C16H14N2O3. The molecule has 1 N–H and O–H groups in total. The van der Waals surface area contributed by atoms with E-state index in [1.54, 1.807) is 0 Å². The van der Waals surface area contributed by atoms with Gasteiger partial charge in [-0.15, -0.1) is 0 Å². The first-order valence-electron chi connectivity index (χ1n) is 7.47. The number of hydrogen-bond acceptors (Lipinski definition) is 4. The third kappa shape index (κ3) is 1.49. The molecule has 1 aromatic carbocycles. The zero-order chi connectivity index (χ0) is 14.1. The van der Waals surface area contributed by atoms with Crippen molar-refractivity contribution in [2.75, 3.05) is 0 Å². The van der Waals surface area contributed by atoms with Gasteiger partial charge in [0.1, 0.15) is 5.69 Å². The molecule has 2 heterocycles. The number of imide groups is 1. The Morgan fingerprint density at radius 1 is 1.29 bits per heavy atom. The van der Waals surface area contributed by atoms with Crippen molar-refractivity contribution >= 4 is 22.8 Å². The largest absolute Gasteiger partial charge is 0.356 e. The summed E-state index contributed by atoms with van der Waals surface area (Å²) in [6, 6.07) is 4.17. The zero-order valence-electron chi connectivity index (χ0n) is 11.4. The normalized spacial score (nSPS) is 30.2. The number of carbonyl (C=O) groups excluding carboxylic acids is 2. The number of rotatable bonds is 1. The average molecular weight is 282 g/mol. The number of amides is 2. The van der Waals surface area contributed by atoms with Crippen LogP contribution in [0.25, 0.3) is 11.0 Å². The second-order valence-electron chi connectivity index (χ2n) is 6.39. The van der Waals surface area contributed by atoms with Gasteiger partial charge >= 0.3 is 0 Å². The summed E-state index contributed by atoms with van der Waals surface area (Å²) in [7, 11) is 0. The number of hydrogen-bond donors (Lipinski definition) is 1. The van der Waals surface area contributed by atoms with Crippen LogP contribution < -0.4 is 5.32 Å². The molecule has 0 bridgehead atoms. The number of piperidine rings is 1. The monoisotopic (exact) mass is 282 g/mol. The average Bonchev–Trinajstić information content (AvgIpc) is 2.93. The van der Waals surface area contributed by atoms with Gasteiger partial charge in [0.2, 0.25) is 11.8 Å². The minimum absolute atomic E-state index is 0.203. The molecule has 5 heteroatoms. The first-order chi connectivity index (χ1) is 10.2. The highest BCUT2D eigenvalue weighted by Gasteiger charge is 2.47. The Labute approximate surface area is 120 Å². The molecule has 5 rings (SSSR count). The van der Waals surface area contributed by atoms with Crippen molar-refractivity contribution in [1.29, 1.82) is 0 Å². The van der Waals surface area contributed by atoms with E-state index in [9.17, 15) is 9.59 Å². The molecule has 2 amide bonds. The summed E-state index contributed by atoms with van der Waals surface area (Å²) in [4.78, 5) is 23.3. The number of nitrogens with one attached hydrogen (secondary N) is 1. The minimum atomic E-state index is -0.376. The Morgan fingerprint density at radius 3 is 3.05 bits per heavy atom. The van der Waals surface area contributed by atoms with Crippen molar-refractivity contribution in [3.63, 3.8) is 0 Å². The van der Waals surface area contributed by atoms with E-state index in [0.29, 0.717) is 24.5 Å². The van der Waals surface area contributed by atoms with Gasteiger partial charge in [0.25, 0.3) is 0 Å². The quantitative estimate of drug-likeness (QED) is 0.812. The molecular weight excluding hydrogens is 268 g/mol. The first kappa shape index (κ1) is 11.5. The standard InChI is InChI=1S/C16H14N2O3/c19-12-4-3-10(16(20)17-12)14-9-2-1-7-5-8-6-11(8)13(7)15(9)21-18-14/h1-2,8,10-11H,3-6H2,(H,17,19,20). The molecule has 5 nitrogen and oxygen atoms in total. The lowest BCUT2D eigenvalue weighted by atomic mass is 9.91. The van der Waals surface area contributed by atoms with E-state index in [1.807, 2.05) is 6.07 Å². The van der Waals surface area contributed by atoms with Crippen LogP contribution in [-0.4, -0.2) is 17.0 Å². The van der Waals surface area contributed by atoms with Crippen LogP contribution in [0.3, 0.4) is 0 Å². The second-order valence-corrected chi connectivity index (χ2v) is 6.39. The topological polar surface area (TPSA) is 72.2 Å². The lowest BCUT2D eigenvalue weighted by Gasteiger charge is -2.18. The molecule has 3 unspecified atom stereocenters. The molecule has 3 aliphatic rings. The Morgan fingerprint density at radius 2 is 2.19 bits per heavy atom. The van der Waals surface area contributed by atoms with Crippen LogP contribution >= 0.6 is 0 Å². The van der Waals surface area contributed by atoms with Crippen molar-refractivity contribution in [2.24, 2.45) is 5.92 Å². The van der Waals surface area contributed by atoms with Crippen LogP contribution in [0.15, 0.2) is 16.7 Å². The van der Waals surface area contributed by atoms with E-state index in [-0.39, 0.29) is 17.7 Å². The predicted octanol–water partition coefficient (Wildman–Crippen LogP) is 2.01. The van der Waals surface area contributed by atoms with Gasteiger partial charge < -0.3 is 4.52 Å². The number of fused-ring (bicyclic) bond motifs is 5. The van der Waals surface area contributed by atoms with E-state index < -0.39 is 0 Å². The van der Waals surface area contributed by atoms with Gasteiger partial charge in [-0.05, 0) is 42.7 Å². The number of aromatic nitrogens is 1. The minimum Gasteiger partial charge on any atom is -0.356 e. The summed E-state index contributed by atoms with van der Waals surface area (Å²) < 4.78 is 5.60. The summed E-state index contributed by atoms with van der Waals surface area (Å²) in [5.41, 5.74) is 4.22. The molecule has 1 saturated heterocycles. The maximum absolute atomic E-state index is 12.0. The number of benzene rings is 1. The molecule has 106 valence electrons. The van der Waals surface area contributed by atoms with Gasteiger partial charge in [0.05, 0.1) is 5.92 Å². The van der Waals surface area contributed by atoms with Crippen LogP contribution in [0.4, 0.5) is 0 Å². The Hall–Kier alpha value is -2.17. The fourth-order valence-electron chi connectivity index (χ4n) is 3.98. The van der Waals surface area contributed by atoms with Gasteiger partial charge in [0, 0.05) is 17.4 Å². The molecule has 21 heavy (non-hydrogen) atoms. The number of carbonyl (C=O) groups is 2. The lowest BCUT2D eigenvalue weighted by Crippen LogP contribution is -2.39. The van der Waals surface area contributed by atoms with E-state index >= 15 is 0 Å². The molecule has 1 aromatic heterocycles. The lowest BCUT2D eigenvalue weighted by molar-refractivity contribution is -0.134. The number of nitrogens with zero attached hydrogens (tertiary/aromatic N) is 1. The smallest absolute Gasteiger partial charge is 0.235 e. The Balaban J connectivity index is 1.64. The fourth-order valence-corrected chi connectivity index (χ4v) is 3.98. The van der Waals surface area contributed by atoms with E-state index in [0.717, 1.165) is 23.3 Å². The molecule has 0 radical (unpaired) electrons. The molecule has 2 fully saturated rings. The molecule has 0 spiro atoms. The third-order valence-electron chi connectivity index (χ3n) is 5.14. The molecule has 1 saturated carbocycles. The highest BCUT2D eigenvalue weighted by atomic mass is 16.5. The van der Waals surface area contributed by atoms with E-state index in [4.69, 9.17) is 4.52 Å². The maximum Gasteiger partial charge on any atom is 0.235 e. The molecule has 2 aromatic rings. The van der Waals surface area contributed by atoms with Crippen LogP contribution in [-0.2, 0) is 16.0 Å². The zero-order valence-corrected chi connectivity index (χ0v) is 11.4. The van der Waals surface area contributed by atoms with Crippen LogP contribution in [0.1, 0.15) is 47.9 Å². The van der Waals surface area contributed by atoms with Gasteiger partial charge in [-0.25, -0.2) is 0 Å². The van der Waals surface area contributed by atoms with Crippen molar-refractivity contribution in [3.05, 3.63) is 29.0 Å². The fraction of sp³-hybridized carbons (Fsp3) is 0.438. The van der Waals surface area contributed by atoms with Crippen LogP contribution in [0.2, 0.25) is 0 Å². The van der Waals surface area contributed by atoms with Gasteiger partial charge in [-0.1, -0.05) is 11.2 Å². The Kier molecular flexibility index (Phi) is 2.04. The van der Waals surface area contributed by atoms with Crippen molar-refractivity contribution in [3.8, 4) is 0 Å². The van der Waals surface area contributed by atoms with E-state index in [1.165, 1.54) is 17.5 Å². The van der Waals surface area contributed by atoms with Crippen LogP contribution in [0.5, 0.6) is 0 Å². The van der Waals surface area contributed by atoms with Crippen molar-refractivity contribution in [2.45, 2.75) is 37.5 Å². The van der Waals surface area contributed by atoms with Gasteiger partial charge in [0.15, 0.2) is 5.58 Å². The second kappa shape index (κ2) is 3.72. The summed E-state index contributed by atoms with van der Waals surface area (Å²) in [5.74, 6) is 0.580. The summed E-state index contributed by atoms with van der Waals surface area (Å²) in [6.45, 7) is 0. The summed E-state index contributed by atoms with van der Waals surface area (Å²) >= 11 is 0. The molecule has 3 atom stereocenters. The predicted molar refractivity (Wildman–Crippen MR) is 73.7 cm³/mol. The van der Waals surface area contributed by atoms with Gasteiger partial charge in [-0.2, -0.15) is 0 Å². The maximum atomic E-state index is 12.0.